The van der Waals surface area contributed by atoms with E-state index >= 15 is 0 Å². The molecule has 2 aromatic carbocycles. The Morgan fingerprint density at radius 2 is 1.79 bits per heavy atom. The van der Waals surface area contributed by atoms with Gasteiger partial charge in [-0.25, -0.2) is 0 Å². The van der Waals surface area contributed by atoms with Crippen molar-refractivity contribution < 1.29 is 9.53 Å². The third kappa shape index (κ3) is 3.21. The molecule has 0 saturated heterocycles. The van der Waals surface area contributed by atoms with Crippen molar-refractivity contribution in [1.29, 1.82) is 0 Å². The van der Waals surface area contributed by atoms with E-state index in [2.05, 4.69) is 11.9 Å². The maximum Gasteiger partial charge on any atom is 0.195 e. The lowest BCUT2D eigenvalue weighted by Gasteiger charge is -2.06. The van der Waals surface area contributed by atoms with Gasteiger partial charge in [0.15, 0.2) is 5.78 Å². The number of unbranched alkanes of at least 4 members (excludes halogenated alkanes) is 2. The predicted octanol–water partition coefficient (Wildman–Crippen LogP) is 5.14. The van der Waals surface area contributed by atoms with Crippen LogP contribution in [0.15, 0.2) is 48.5 Å². The predicted molar refractivity (Wildman–Crippen MR) is 98.0 cm³/mol. The van der Waals surface area contributed by atoms with Gasteiger partial charge in [-0.05, 0) is 43.2 Å². The Bertz CT molecular complexity index is 831. The van der Waals surface area contributed by atoms with Crippen LogP contribution in [-0.4, -0.2) is 17.9 Å². The number of aryl methyl sites for hydroxylation is 1. The van der Waals surface area contributed by atoms with E-state index in [1.807, 2.05) is 48.5 Å². The second-order valence-electron chi connectivity index (χ2n) is 6.04. The van der Waals surface area contributed by atoms with Crippen molar-refractivity contribution >= 4 is 16.7 Å². The first kappa shape index (κ1) is 16.3. The first-order valence-corrected chi connectivity index (χ1v) is 8.53. The van der Waals surface area contributed by atoms with Crippen molar-refractivity contribution in [3.63, 3.8) is 0 Å². The molecule has 0 saturated carbocycles. The molecule has 0 aliphatic carbocycles. The van der Waals surface area contributed by atoms with E-state index in [1.54, 1.807) is 7.11 Å². The summed E-state index contributed by atoms with van der Waals surface area (Å²) < 4.78 is 5.18. The number of ketones is 1. The second-order valence-corrected chi connectivity index (χ2v) is 6.04. The molecular formula is C21H23NO2. The second kappa shape index (κ2) is 7.35. The Hall–Kier alpha value is -2.55. The van der Waals surface area contributed by atoms with Crippen LogP contribution < -0.4 is 4.74 Å². The Balaban J connectivity index is 2.01. The molecule has 1 aromatic heterocycles. The van der Waals surface area contributed by atoms with Crippen LogP contribution in [-0.2, 0) is 6.42 Å². The van der Waals surface area contributed by atoms with E-state index in [0.29, 0.717) is 5.56 Å². The van der Waals surface area contributed by atoms with Gasteiger partial charge in [-0.3, -0.25) is 4.79 Å². The van der Waals surface area contributed by atoms with Gasteiger partial charge >= 0.3 is 0 Å². The summed E-state index contributed by atoms with van der Waals surface area (Å²) in [5.74, 6) is 0.829. The average molecular weight is 321 g/mol. The number of carbonyl (C=O) groups excluding carboxylic acids is 1. The van der Waals surface area contributed by atoms with E-state index in [4.69, 9.17) is 4.74 Å². The van der Waals surface area contributed by atoms with Gasteiger partial charge in [-0.1, -0.05) is 38.0 Å². The first-order valence-electron chi connectivity index (χ1n) is 8.53. The summed E-state index contributed by atoms with van der Waals surface area (Å²) in [6, 6.07) is 15.4. The highest BCUT2D eigenvalue weighted by Crippen LogP contribution is 2.27. The molecule has 3 heteroatoms. The molecule has 124 valence electrons. The zero-order valence-corrected chi connectivity index (χ0v) is 14.3. The van der Waals surface area contributed by atoms with Crippen molar-refractivity contribution in [2.45, 2.75) is 32.6 Å². The number of para-hydroxylation sites is 1. The number of hydrogen-bond acceptors (Lipinski definition) is 2. The average Bonchev–Trinajstić information content (AvgIpc) is 2.99. The van der Waals surface area contributed by atoms with Crippen LogP contribution in [0.1, 0.15) is 47.8 Å². The molecule has 3 rings (SSSR count). The summed E-state index contributed by atoms with van der Waals surface area (Å²) in [4.78, 5) is 16.6. The van der Waals surface area contributed by atoms with Crippen LogP contribution >= 0.6 is 0 Å². The van der Waals surface area contributed by atoms with Gasteiger partial charge in [0.1, 0.15) is 5.75 Å². The van der Waals surface area contributed by atoms with Gasteiger partial charge in [0.2, 0.25) is 0 Å². The highest BCUT2D eigenvalue weighted by molar-refractivity contribution is 6.17. The fourth-order valence-corrected chi connectivity index (χ4v) is 3.08. The summed E-state index contributed by atoms with van der Waals surface area (Å²) in [6.07, 6.45) is 4.33. The largest absolute Gasteiger partial charge is 0.497 e. The molecule has 0 bridgehead atoms. The van der Waals surface area contributed by atoms with Crippen molar-refractivity contribution in [2.24, 2.45) is 0 Å². The van der Waals surface area contributed by atoms with Crippen molar-refractivity contribution in [3.8, 4) is 5.75 Å². The molecule has 1 heterocycles. The highest BCUT2D eigenvalue weighted by Gasteiger charge is 2.19. The number of aromatic nitrogens is 1. The monoisotopic (exact) mass is 321 g/mol. The Labute approximate surface area is 142 Å². The van der Waals surface area contributed by atoms with E-state index in [-0.39, 0.29) is 5.78 Å². The zero-order valence-electron chi connectivity index (χ0n) is 14.3. The molecule has 0 aliphatic heterocycles. The van der Waals surface area contributed by atoms with Gasteiger partial charge in [-0.2, -0.15) is 0 Å². The van der Waals surface area contributed by atoms with Crippen LogP contribution in [0.5, 0.6) is 5.75 Å². The molecule has 0 unspecified atom stereocenters. The fourth-order valence-electron chi connectivity index (χ4n) is 3.08. The van der Waals surface area contributed by atoms with Gasteiger partial charge in [0.25, 0.3) is 0 Å². The van der Waals surface area contributed by atoms with E-state index in [1.165, 1.54) is 12.8 Å². The number of methoxy groups -OCH3 is 1. The lowest BCUT2D eigenvalue weighted by atomic mass is 9.98. The summed E-state index contributed by atoms with van der Waals surface area (Å²) in [6.45, 7) is 2.19. The lowest BCUT2D eigenvalue weighted by molar-refractivity contribution is 0.103. The molecular weight excluding hydrogens is 298 g/mol. The van der Waals surface area contributed by atoms with Crippen LogP contribution in [0.2, 0.25) is 0 Å². The van der Waals surface area contributed by atoms with Gasteiger partial charge in [-0.15, -0.1) is 0 Å². The summed E-state index contributed by atoms with van der Waals surface area (Å²) in [5, 5.41) is 1.00. The van der Waals surface area contributed by atoms with Gasteiger partial charge in [0.05, 0.1) is 12.7 Å². The molecule has 1 N–H and O–H groups in total. The minimum absolute atomic E-state index is 0.0709. The number of H-pyrrole nitrogens is 1. The van der Waals surface area contributed by atoms with Gasteiger partial charge in [0, 0.05) is 22.2 Å². The smallest absolute Gasteiger partial charge is 0.195 e. The molecule has 0 fully saturated rings. The highest BCUT2D eigenvalue weighted by atomic mass is 16.5. The lowest BCUT2D eigenvalue weighted by Crippen LogP contribution is -2.04. The molecule has 24 heavy (non-hydrogen) atoms. The maximum absolute atomic E-state index is 13.1. The Morgan fingerprint density at radius 3 is 2.50 bits per heavy atom. The molecule has 0 amide bonds. The molecule has 3 nitrogen and oxygen atoms in total. The number of hydrogen-bond donors (Lipinski definition) is 1. The van der Waals surface area contributed by atoms with E-state index in [0.717, 1.165) is 40.8 Å². The van der Waals surface area contributed by atoms with Crippen LogP contribution in [0.4, 0.5) is 0 Å². The number of aromatic amines is 1. The van der Waals surface area contributed by atoms with Crippen LogP contribution in [0.3, 0.4) is 0 Å². The number of fused-ring (bicyclic) bond motifs is 1. The van der Waals surface area contributed by atoms with E-state index in [9.17, 15) is 4.79 Å². The number of benzene rings is 2. The Morgan fingerprint density at radius 1 is 1.04 bits per heavy atom. The molecule has 0 spiro atoms. The maximum atomic E-state index is 13.1. The summed E-state index contributed by atoms with van der Waals surface area (Å²) in [5.41, 5.74) is 3.58. The molecule has 0 atom stereocenters. The first-order chi connectivity index (χ1) is 11.7. The quantitative estimate of drug-likeness (QED) is 0.483. The summed E-state index contributed by atoms with van der Waals surface area (Å²) in [7, 11) is 1.63. The standard InChI is InChI=1S/C21H23NO2/c1-3-4-5-10-19-20(17-8-6-7-9-18(17)22-19)21(23)15-11-13-16(24-2)14-12-15/h6-9,11-14,22H,3-5,10H2,1-2H3. The SMILES string of the molecule is CCCCCc1[nH]c2ccccc2c1C(=O)c1ccc(OC)cc1. The molecule has 0 aliphatic rings. The summed E-state index contributed by atoms with van der Waals surface area (Å²) >= 11 is 0. The number of carbonyl (C=O) groups is 1. The minimum atomic E-state index is 0.0709. The minimum Gasteiger partial charge on any atom is -0.497 e. The van der Waals surface area contributed by atoms with Crippen LogP contribution in [0.25, 0.3) is 10.9 Å². The molecule has 3 aromatic rings. The fraction of sp³-hybridized carbons (Fsp3) is 0.286. The third-order valence-corrected chi connectivity index (χ3v) is 4.39. The van der Waals surface area contributed by atoms with Gasteiger partial charge < -0.3 is 9.72 Å². The van der Waals surface area contributed by atoms with Crippen LogP contribution in [0, 0.1) is 0 Å². The normalized spacial score (nSPS) is 10.9. The van der Waals surface area contributed by atoms with Crippen molar-refractivity contribution in [3.05, 3.63) is 65.4 Å². The number of ether oxygens (including phenoxy) is 1. The topological polar surface area (TPSA) is 42.1 Å². The zero-order chi connectivity index (χ0) is 16.9. The van der Waals surface area contributed by atoms with Crippen molar-refractivity contribution in [1.82, 2.24) is 4.98 Å². The van der Waals surface area contributed by atoms with E-state index < -0.39 is 0 Å². The number of nitrogens with one attached hydrogen (secondary N) is 1. The third-order valence-electron chi connectivity index (χ3n) is 4.39. The Kier molecular flexibility index (Phi) is 4.99. The number of rotatable bonds is 7. The molecule has 0 radical (unpaired) electrons. The van der Waals surface area contributed by atoms with Crippen molar-refractivity contribution in [2.75, 3.05) is 7.11 Å².